The summed E-state index contributed by atoms with van der Waals surface area (Å²) in [5.41, 5.74) is 11.0. The van der Waals surface area contributed by atoms with Crippen LogP contribution in [-0.4, -0.2) is 31.1 Å². The van der Waals surface area contributed by atoms with Crippen molar-refractivity contribution in [2.75, 3.05) is 32.6 Å². The van der Waals surface area contributed by atoms with E-state index >= 15 is 0 Å². The van der Waals surface area contributed by atoms with E-state index in [1.807, 2.05) is 21.1 Å². The molecule has 1 rings (SSSR count). The van der Waals surface area contributed by atoms with Crippen molar-refractivity contribution in [3.63, 3.8) is 0 Å². The van der Waals surface area contributed by atoms with Crippen LogP contribution in [0.15, 0.2) is 6.07 Å². The molecule has 0 aromatic carbocycles. The van der Waals surface area contributed by atoms with E-state index in [0.717, 1.165) is 5.82 Å². The summed E-state index contributed by atoms with van der Waals surface area (Å²) in [6.45, 7) is 0. The molecule has 0 aliphatic heterocycles. The first-order valence-electron chi connectivity index (χ1n) is 3.61. The minimum absolute atomic E-state index is 0.220. The Morgan fingerprint density at radius 1 is 1.17 bits per heavy atom. The van der Waals surface area contributed by atoms with Gasteiger partial charge in [0, 0.05) is 0 Å². The number of nitrogens with zero attached hydrogens (tertiary/aromatic N) is 3. The monoisotopic (exact) mass is 168 g/mol. The highest BCUT2D eigenvalue weighted by atomic mass is 15.3. The van der Waals surface area contributed by atoms with Gasteiger partial charge in [0.2, 0.25) is 11.8 Å². The van der Waals surface area contributed by atoms with Crippen LogP contribution in [0.1, 0.15) is 0 Å². The van der Waals surface area contributed by atoms with Gasteiger partial charge < -0.3 is 11.5 Å². The standard InChI is InChI=1S/C7H14N5/c1-12(2,3)6-4-5(8)10-7(9)11-6/h4H,1-3H3,(H4,8,9,10,11)/q+1. The largest absolute Gasteiger partial charge is 0.383 e. The predicted octanol–water partition coefficient (Wildman–Crippen LogP) is -0.162. The molecular formula is C7H14N5+. The SMILES string of the molecule is C[N+](C)(C)c1cc(N)nc(N)n1. The van der Waals surface area contributed by atoms with Crippen LogP contribution in [0.5, 0.6) is 0 Å². The smallest absolute Gasteiger partial charge is 0.233 e. The minimum Gasteiger partial charge on any atom is -0.383 e. The summed E-state index contributed by atoms with van der Waals surface area (Å²) in [5.74, 6) is 1.43. The zero-order valence-corrected chi connectivity index (χ0v) is 7.57. The maximum absolute atomic E-state index is 5.52. The maximum atomic E-state index is 5.52. The van der Waals surface area contributed by atoms with Crippen LogP contribution in [0.3, 0.4) is 0 Å². The molecule has 0 saturated heterocycles. The Bertz CT molecular complexity index is 268. The van der Waals surface area contributed by atoms with E-state index in [4.69, 9.17) is 11.5 Å². The molecule has 4 N–H and O–H groups in total. The van der Waals surface area contributed by atoms with E-state index in [1.54, 1.807) is 6.07 Å². The van der Waals surface area contributed by atoms with Crippen molar-refractivity contribution in [3.05, 3.63) is 6.07 Å². The Kier molecular flexibility index (Phi) is 1.89. The van der Waals surface area contributed by atoms with Gasteiger partial charge >= 0.3 is 0 Å². The van der Waals surface area contributed by atoms with Gasteiger partial charge in [0.25, 0.3) is 0 Å². The molecule has 0 aliphatic carbocycles. The van der Waals surface area contributed by atoms with Gasteiger partial charge in [0.05, 0.1) is 27.2 Å². The highest BCUT2D eigenvalue weighted by Gasteiger charge is 2.15. The summed E-state index contributed by atoms with van der Waals surface area (Å²) >= 11 is 0. The van der Waals surface area contributed by atoms with Gasteiger partial charge in [-0.3, -0.25) is 4.48 Å². The molecule has 1 aromatic heterocycles. The third kappa shape index (κ3) is 1.82. The number of rotatable bonds is 1. The molecule has 66 valence electrons. The van der Waals surface area contributed by atoms with Crippen molar-refractivity contribution in [1.82, 2.24) is 14.5 Å². The molecule has 5 nitrogen and oxygen atoms in total. The van der Waals surface area contributed by atoms with Gasteiger partial charge in [0.1, 0.15) is 5.82 Å². The molecule has 0 amide bonds. The van der Waals surface area contributed by atoms with Crippen LogP contribution in [-0.2, 0) is 0 Å². The second-order valence-corrected chi connectivity index (χ2v) is 3.52. The number of aromatic nitrogens is 2. The number of quaternary nitrogens is 1. The first kappa shape index (κ1) is 8.73. The van der Waals surface area contributed by atoms with Crippen molar-refractivity contribution in [3.8, 4) is 0 Å². The normalized spacial score (nSPS) is 11.6. The molecule has 0 fully saturated rings. The van der Waals surface area contributed by atoms with Crippen molar-refractivity contribution < 1.29 is 0 Å². The zero-order chi connectivity index (χ0) is 9.35. The van der Waals surface area contributed by atoms with E-state index < -0.39 is 0 Å². The Balaban J connectivity index is 3.18. The van der Waals surface area contributed by atoms with Crippen molar-refractivity contribution in [2.45, 2.75) is 0 Å². The van der Waals surface area contributed by atoms with Crippen LogP contribution in [0.2, 0.25) is 0 Å². The lowest BCUT2D eigenvalue weighted by Crippen LogP contribution is -2.36. The lowest BCUT2D eigenvalue weighted by Gasteiger charge is -2.21. The fraction of sp³-hybridized carbons (Fsp3) is 0.429. The third-order valence-electron chi connectivity index (χ3n) is 1.44. The number of nitrogens with two attached hydrogens (primary N) is 2. The van der Waals surface area contributed by atoms with Crippen molar-refractivity contribution in [2.24, 2.45) is 0 Å². The maximum Gasteiger partial charge on any atom is 0.233 e. The molecule has 0 bridgehead atoms. The molecule has 0 unspecified atom stereocenters. The molecular weight excluding hydrogens is 154 g/mol. The zero-order valence-electron chi connectivity index (χ0n) is 7.57. The Morgan fingerprint density at radius 3 is 2.17 bits per heavy atom. The molecule has 1 heterocycles. The topological polar surface area (TPSA) is 77.8 Å². The van der Waals surface area contributed by atoms with Gasteiger partial charge in [-0.05, 0) is 0 Å². The number of hydrogen-bond acceptors (Lipinski definition) is 4. The van der Waals surface area contributed by atoms with Crippen LogP contribution in [0.25, 0.3) is 0 Å². The van der Waals surface area contributed by atoms with E-state index in [-0.39, 0.29) is 5.95 Å². The molecule has 0 saturated carbocycles. The lowest BCUT2D eigenvalue weighted by molar-refractivity contribution is 0.473. The molecule has 12 heavy (non-hydrogen) atoms. The Hall–Kier alpha value is -1.36. The number of nitrogen functional groups attached to an aromatic ring is 2. The lowest BCUT2D eigenvalue weighted by atomic mass is 10.4. The van der Waals surface area contributed by atoms with E-state index in [0.29, 0.717) is 10.3 Å². The Labute approximate surface area is 71.6 Å². The van der Waals surface area contributed by atoms with Gasteiger partial charge in [0.15, 0.2) is 0 Å². The molecule has 0 atom stereocenters. The summed E-state index contributed by atoms with van der Waals surface area (Å²) in [6, 6.07) is 1.72. The van der Waals surface area contributed by atoms with E-state index in [1.165, 1.54) is 0 Å². The Morgan fingerprint density at radius 2 is 1.75 bits per heavy atom. The summed E-state index contributed by atoms with van der Waals surface area (Å²) in [6.07, 6.45) is 0. The third-order valence-corrected chi connectivity index (χ3v) is 1.44. The minimum atomic E-state index is 0.220. The first-order valence-corrected chi connectivity index (χ1v) is 3.61. The van der Waals surface area contributed by atoms with Crippen molar-refractivity contribution >= 4 is 17.6 Å². The summed E-state index contributed by atoms with van der Waals surface area (Å²) in [4.78, 5) is 7.85. The fourth-order valence-electron chi connectivity index (χ4n) is 0.815. The number of hydrogen-bond donors (Lipinski definition) is 2. The second-order valence-electron chi connectivity index (χ2n) is 3.52. The van der Waals surface area contributed by atoms with Gasteiger partial charge in [-0.1, -0.05) is 0 Å². The van der Waals surface area contributed by atoms with Crippen LogP contribution >= 0.6 is 0 Å². The van der Waals surface area contributed by atoms with Crippen LogP contribution < -0.4 is 16.0 Å². The molecule has 5 heteroatoms. The van der Waals surface area contributed by atoms with Crippen LogP contribution in [0.4, 0.5) is 17.6 Å². The summed E-state index contributed by atoms with van der Waals surface area (Å²) in [7, 11) is 5.96. The highest BCUT2D eigenvalue weighted by Crippen LogP contribution is 2.16. The second kappa shape index (κ2) is 2.60. The predicted molar refractivity (Wildman–Crippen MR) is 50.4 cm³/mol. The first-order chi connectivity index (χ1) is 5.39. The van der Waals surface area contributed by atoms with Gasteiger partial charge in [-0.15, -0.1) is 0 Å². The van der Waals surface area contributed by atoms with Gasteiger partial charge in [-0.2, -0.15) is 9.97 Å². The van der Waals surface area contributed by atoms with E-state index in [9.17, 15) is 0 Å². The quantitative estimate of drug-likeness (QED) is 0.571. The van der Waals surface area contributed by atoms with Crippen LogP contribution in [0, 0.1) is 0 Å². The summed E-state index contributed by atoms with van der Waals surface area (Å²) < 4.78 is 0.580. The molecule has 0 aliphatic rings. The highest BCUT2D eigenvalue weighted by molar-refractivity contribution is 5.47. The number of anilines is 2. The van der Waals surface area contributed by atoms with Crippen molar-refractivity contribution in [1.29, 1.82) is 0 Å². The molecule has 1 aromatic rings. The average molecular weight is 168 g/mol. The fourth-order valence-corrected chi connectivity index (χ4v) is 0.815. The average Bonchev–Trinajstić information content (AvgIpc) is 1.82. The molecule has 0 radical (unpaired) electrons. The van der Waals surface area contributed by atoms with Gasteiger partial charge in [-0.25, -0.2) is 0 Å². The molecule has 0 spiro atoms. The summed E-state index contributed by atoms with van der Waals surface area (Å²) in [5, 5.41) is 0. The van der Waals surface area contributed by atoms with E-state index in [2.05, 4.69) is 9.97 Å².